The molecule has 0 bridgehead atoms. The highest BCUT2D eigenvalue weighted by Crippen LogP contribution is 2.08. The van der Waals surface area contributed by atoms with Crippen molar-refractivity contribution in [2.45, 2.75) is 51.3 Å². The molecule has 0 spiro atoms. The van der Waals surface area contributed by atoms with E-state index in [1.54, 1.807) is 6.26 Å². The molecule has 0 aliphatic rings. The van der Waals surface area contributed by atoms with E-state index in [-0.39, 0.29) is 5.25 Å². The molecular formula is C16H27NOS. The molecule has 3 unspecified atom stereocenters. The number of aryl methyl sites for hydroxylation is 2. The van der Waals surface area contributed by atoms with Crippen LogP contribution in [0.25, 0.3) is 0 Å². The Kier molecular flexibility index (Phi) is 7.32. The highest BCUT2D eigenvalue weighted by Gasteiger charge is 2.07. The van der Waals surface area contributed by atoms with Crippen molar-refractivity contribution in [2.75, 3.05) is 12.8 Å². The molecule has 108 valence electrons. The van der Waals surface area contributed by atoms with Crippen LogP contribution in [0.1, 0.15) is 37.8 Å². The molecule has 1 N–H and O–H groups in total. The van der Waals surface area contributed by atoms with Crippen LogP contribution in [0.5, 0.6) is 0 Å². The van der Waals surface area contributed by atoms with Gasteiger partial charge in [0.1, 0.15) is 0 Å². The second-order valence-corrected chi connectivity index (χ2v) is 7.28. The summed E-state index contributed by atoms with van der Waals surface area (Å²) in [5, 5.41) is 3.81. The van der Waals surface area contributed by atoms with Gasteiger partial charge in [0.15, 0.2) is 0 Å². The lowest BCUT2D eigenvalue weighted by Gasteiger charge is -2.15. The predicted molar refractivity (Wildman–Crippen MR) is 85.1 cm³/mol. The van der Waals surface area contributed by atoms with Crippen molar-refractivity contribution in [1.29, 1.82) is 0 Å². The first-order chi connectivity index (χ1) is 8.99. The van der Waals surface area contributed by atoms with E-state index in [1.807, 2.05) is 0 Å². The topological polar surface area (TPSA) is 29.1 Å². The molecule has 1 aromatic carbocycles. The highest BCUT2D eigenvalue weighted by atomic mass is 32.2. The molecule has 19 heavy (non-hydrogen) atoms. The van der Waals surface area contributed by atoms with E-state index in [1.165, 1.54) is 11.1 Å². The quantitative estimate of drug-likeness (QED) is 0.793. The van der Waals surface area contributed by atoms with Crippen molar-refractivity contribution in [3.05, 3.63) is 35.4 Å². The third-order valence-corrected chi connectivity index (χ3v) is 4.93. The van der Waals surface area contributed by atoms with E-state index in [0.29, 0.717) is 6.04 Å². The second-order valence-electron chi connectivity index (χ2n) is 5.48. The zero-order chi connectivity index (χ0) is 14.3. The Labute approximate surface area is 120 Å². The normalized spacial score (nSPS) is 16.0. The lowest BCUT2D eigenvalue weighted by Crippen LogP contribution is -2.29. The average Bonchev–Trinajstić information content (AvgIpc) is 2.36. The fourth-order valence-corrected chi connectivity index (χ4v) is 2.50. The van der Waals surface area contributed by atoms with Gasteiger partial charge in [0.05, 0.1) is 0 Å². The fourth-order valence-electron chi connectivity index (χ4n) is 2.05. The van der Waals surface area contributed by atoms with Crippen LogP contribution in [-0.2, 0) is 17.2 Å². The molecule has 0 saturated carbocycles. The molecule has 0 heterocycles. The number of nitrogens with one attached hydrogen (secondary N) is 1. The minimum Gasteiger partial charge on any atom is -0.314 e. The largest absolute Gasteiger partial charge is 0.314 e. The van der Waals surface area contributed by atoms with Gasteiger partial charge in [-0.3, -0.25) is 4.21 Å². The number of rotatable bonds is 8. The van der Waals surface area contributed by atoms with Crippen LogP contribution in [0.15, 0.2) is 24.3 Å². The minimum atomic E-state index is -0.701. The van der Waals surface area contributed by atoms with Gasteiger partial charge < -0.3 is 5.32 Å². The summed E-state index contributed by atoms with van der Waals surface area (Å²) < 4.78 is 11.2. The first-order valence-electron chi connectivity index (χ1n) is 7.10. The molecule has 0 aliphatic heterocycles. The van der Waals surface area contributed by atoms with Crippen LogP contribution in [0.2, 0.25) is 0 Å². The maximum Gasteiger partial charge on any atom is 0.0329 e. The van der Waals surface area contributed by atoms with Crippen LogP contribution in [0, 0.1) is 6.92 Å². The Balaban J connectivity index is 2.21. The molecule has 0 radical (unpaired) electrons. The Morgan fingerprint density at radius 2 is 2.00 bits per heavy atom. The first kappa shape index (κ1) is 16.4. The SMILES string of the molecule is Cc1cccc(CCC(C)NCCC(C)S(C)=O)c1. The maximum absolute atomic E-state index is 11.2. The van der Waals surface area contributed by atoms with Gasteiger partial charge in [-0.1, -0.05) is 36.8 Å². The number of benzene rings is 1. The van der Waals surface area contributed by atoms with Gasteiger partial charge in [-0.15, -0.1) is 0 Å². The summed E-state index contributed by atoms with van der Waals surface area (Å²) in [6.45, 7) is 7.37. The molecule has 3 atom stereocenters. The van der Waals surface area contributed by atoms with Gasteiger partial charge in [0.25, 0.3) is 0 Å². The van der Waals surface area contributed by atoms with E-state index in [2.05, 4.69) is 50.4 Å². The lowest BCUT2D eigenvalue weighted by atomic mass is 10.0. The molecule has 0 amide bonds. The molecule has 0 aromatic heterocycles. The summed E-state index contributed by atoms with van der Waals surface area (Å²) >= 11 is 0. The summed E-state index contributed by atoms with van der Waals surface area (Å²) in [6, 6.07) is 9.23. The number of hydrogen-bond donors (Lipinski definition) is 1. The Hall–Kier alpha value is -0.670. The summed E-state index contributed by atoms with van der Waals surface area (Å²) in [5.41, 5.74) is 2.74. The zero-order valence-corrected chi connectivity index (χ0v) is 13.4. The predicted octanol–water partition coefficient (Wildman–Crippen LogP) is 3.06. The fraction of sp³-hybridized carbons (Fsp3) is 0.625. The summed E-state index contributed by atoms with van der Waals surface area (Å²) in [7, 11) is -0.701. The van der Waals surface area contributed by atoms with Gasteiger partial charge in [-0.25, -0.2) is 0 Å². The molecule has 0 aliphatic carbocycles. The molecule has 0 fully saturated rings. The first-order valence-corrected chi connectivity index (χ1v) is 8.72. The van der Waals surface area contributed by atoms with Crippen LogP contribution < -0.4 is 5.32 Å². The molecule has 1 aromatic rings. The molecule has 1 rings (SSSR count). The lowest BCUT2D eigenvalue weighted by molar-refractivity contribution is 0.504. The standard InChI is InChI=1S/C16H27NOS/c1-13-6-5-7-16(12-13)9-8-14(2)17-11-10-15(3)19(4)18/h5-7,12,14-15,17H,8-11H2,1-4H3. The van der Waals surface area contributed by atoms with Gasteiger partial charge in [-0.05, 0) is 45.2 Å². The highest BCUT2D eigenvalue weighted by molar-refractivity contribution is 7.84. The van der Waals surface area contributed by atoms with Crippen molar-refractivity contribution in [2.24, 2.45) is 0 Å². The molecular weight excluding hydrogens is 254 g/mol. The van der Waals surface area contributed by atoms with Gasteiger partial charge >= 0.3 is 0 Å². The van der Waals surface area contributed by atoms with E-state index in [4.69, 9.17) is 0 Å². The minimum absolute atomic E-state index is 0.288. The van der Waals surface area contributed by atoms with Crippen LogP contribution in [0.4, 0.5) is 0 Å². The van der Waals surface area contributed by atoms with Crippen LogP contribution in [-0.4, -0.2) is 28.3 Å². The van der Waals surface area contributed by atoms with Crippen LogP contribution >= 0.6 is 0 Å². The molecule has 2 nitrogen and oxygen atoms in total. The summed E-state index contributed by atoms with van der Waals surface area (Å²) in [4.78, 5) is 0. The monoisotopic (exact) mass is 281 g/mol. The summed E-state index contributed by atoms with van der Waals surface area (Å²) in [5.74, 6) is 0. The smallest absolute Gasteiger partial charge is 0.0329 e. The molecule has 0 saturated heterocycles. The summed E-state index contributed by atoms with van der Waals surface area (Å²) in [6.07, 6.45) is 5.03. The van der Waals surface area contributed by atoms with E-state index >= 15 is 0 Å². The second kappa shape index (κ2) is 8.49. The third kappa shape index (κ3) is 6.88. The molecule has 3 heteroatoms. The Bertz CT molecular complexity index is 405. The van der Waals surface area contributed by atoms with Gasteiger partial charge in [0.2, 0.25) is 0 Å². The third-order valence-electron chi connectivity index (χ3n) is 3.56. The van der Waals surface area contributed by atoms with Crippen molar-refractivity contribution in [3.8, 4) is 0 Å². The van der Waals surface area contributed by atoms with Crippen LogP contribution in [0.3, 0.4) is 0 Å². The Morgan fingerprint density at radius 3 is 2.63 bits per heavy atom. The van der Waals surface area contributed by atoms with E-state index < -0.39 is 10.8 Å². The van der Waals surface area contributed by atoms with Crippen molar-refractivity contribution in [3.63, 3.8) is 0 Å². The van der Waals surface area contributed by atoms with Gasteiger partial charge in [0, 0.05) is 28.3 Å². The van der Waals surface area contributed by atoms with Crippen molar-refractivity contribution in [1.82, 2.24) is 5.32 Å². The van der Waals surface area contributed by atoms with Gasteiger partial charge in [-0.2, -0.15) is 0 Å². The average molecular weight is 281 g/mol. The zero-order valence-electron chi connectivity index (χ0n) is 12.6. The van der Waals surface area contributed by atoms with Crippen molar-refractivity contribution >= 4 is 10.8 Å². The van der Waals surface area contributed by atoms with Crippen molar-refractivity contribution < 1.29 is 4.21 Å². The maximum atomic E-state index is 11.2. The van der Waals surface area contributed by atoms with E-state index in [9.17, 15) is 4.21 Å². The van der Waals surface area contributed by atoms with E-state index in [0.717, 1.165) is 25.8 Å². The Morgan fingerprint density at radius 1 is 1.26 bits per heavy atom. The number of hydrogen-bond acceptors (Lipinski definition) is 2.